The molecule has 2 rings (SSSR count). The van der Waals surface area contributed by atoms with Crippen LogP contribution in [0, 0.1) is 5.41 Å². The third-order valence-electron chi connectivity index (χ3n) is 3.26. The van der Waals surface area contributed by atoms with E-state index in [0.29, 0.717) is 22.4 Å². The average molecular weight is 354 g/mol. The van der Waals surface area contributed by atoms with Gasteiger partial charge in [-0.05, 0) is 31.0 Å². The largest absolute Gasteiger partial charge is 0.491 e. The van der Waals surface area contributed by atoms with E-state index in [0.717, 1.165) is 31.4 Å². The fraction of sp³-hybridized carbons (Fsp3) is 0.538. The minimum absolute atomic E-state index is 0.140. The average Bonchev–Trinajstić information content (AvgIpc) is 2.39. The van der Waals surface area contributed by atoms with Gasteiger partial charge in [-0.2, -0.15) is 0 Å². The maximum absolute atomic E-state index is 6.09. The van der Waals surface area contributed by atoms with Gasteiger partial charge in [0.15, 0.2) is 0 Å². The molecular formula is C13H15BrCl2O2. The van der Waals surface area contributed by atoms with Gasteiger partial charge in [-0.1, -0.05) is 39.1 Å². The number of halogens is 3. The van der Waals surface area contributed by atoms with Gasteiger partial charge in [-0.15, -0.1) is 0 Å². The Morgan fingerprint density at radius 1 is 1.28 bits per heavy atom. The third kappa shape index (κ3) is 3.53. The molecule has 1 saturated heterocycles. The number of alkyl halides is 1. The van der Waals surface area contributed by atoms with Crippen molar-refractivity contribution in [3.63, 3.8) is 0 Å². The molecule has 0 spiro atoms. The fourth-order valence-corrected chi connectivity index (χ4v) is 3.13. The Bertz CT molecular complexity index is 406. The second-order valence-electron chi connectivity index (χ2n) is 4.61. The lowest BCUT2D eigenvalue weighted by Crippen LogP contribution is -2.36. The molecule has 0 radical (unpaired) electrons. The molecule has 0 saturated carbocycles. The van der Waals surface area contributed by atoms with E-state index in [1.54, 1.807) is 12.1 Å². The van der Waals surface area contributed by atoms with Crippen molar-refractivity contribution in [1.82, 2.24) is 0 Å². The summed E-state index contributed by atoms with van der Waals surface area (Å²) < 4.78 is 11.2. The topological polar surface area (TPSA) is 18.5 Å². The Morgan fingerprint density at radius 2 is 2.00 bits per heavy atom. The second kappa shape index (κ2) is 6.47. The van der Waals surface area contributed by atoms with E-state index in [-0.39, 0.29) is 5.41 Å². The number of ether oxygens (including phenoxy) is 2. The van der Waals surface area contributed by atoms with Gasteiger partial charge in [0.05, 0.1) is 11.6 Å². The van der Waals surface area contributed by atoms with Gasteiger partial charge >= 0.3 is 0 Å². The van der Waals surface area contributed by atoms with Gasteiger partial charge < -0.3 is 9.47 Å². The quantitative estimate of drug-likeness (QED) is 0.738. The summed E-state index contributed by atoms with van der Waals surface area (Å²) in [6, 6.07) is 5.29. The lowest BCUT2D eigenvalue weighted by Gasteiger charge is -2.35. The van der Waals surface area contributed by atoms with Crippen molar-refractivity contribution in [2.24, 2.45) is 5.41 Å². The van der Waals surface area contributed by atoms with Crippen LogP contribution in [0.1, 0.15) is 12.8 Å². The predicted octanol–water partition coefficient (Wildman–Crippen LogP) is 4.56. The highest BCUT2D eigenvalue weighted by Gasteiger charge is 2.32. The minimum atomic E-state index is 0.140. The van der Waals surface area contributed by atoms with Gasteiger partial charge in [0.1, 0.15) is 5.75 Å². The summed E-state index contributed by atoms with van der Waals surface area (Å²) in [6.07, 6.45) is 2.01. The van der Waals surface area contributed by atoms with Crippen LogP contribution in [-0.2, 0) is 4.74 Å². The summed E-state index contributed by atoms with van der Waals surface area (Å²) in [5.74, 6) is 0.688. The first-order chi connectivity index (χ1) is 8.65. The molecular weight excluding hydrogens is 339 g/mol. The lowest BCUT2D eigenvalue weighted by molar-refractivity contribution is 0.00357. The molecule has 1 aromatic rings. The molecule has 100 valence electrons. The molecule has 0 atom stereocenters. The molecule has 1 aromatic carbocycles. The van der Waals surface area contributed by atoms with Crippen LogP contribution in [0.25, 0.3) is 0 Å². The highest BCUT2D eigenvalue weighted by atomic mass is 79.9. The number of rotatable bonds is 4. The molecule has 0 amide bonds. The smallest absolute Gasteiger partial charge is 0.138 e. The summed E-state index contributed by atoms with van der Waals surface area (Å²) in [6.45, 7) is 2.23. The highest BCUT2D eigenvalue weighted by molar-refractivity contribution is 9.09. The van der Waals surface area contributed by atoms with Crippen molar-refractivity contribution in [2.75, 3.05) is 25.2 Å². The monoisotopic (exact) mass is 352 g/mol. The van der Waals surface area contributed by atoms with E-state index in [1.807, 2.05) is 6.07 Å². The summed E-state index contributed by atoms with van der Waals surface area (Å²) in [5.41, 5.74) is 0.140. The van der Waals surface area contributed by atoms with Crippen molar-refractivity contribution in [3.8, 4) is 5.75 Å². The normalized spacial score (nSPS) is 18.6. The molecule has 0 unspecified atom stereocenters. The van der Waals surface area contributed by atoms with Crippen molar-refractivity contribution in [1.29, 1.82) is 0 Å². The van der Waals surface area contributed by atoms with E-state index in [2.05, 4.69) is 15.9 Å². The van der Waals surface area contributed by atoms with Crippen molar-refractivity contribution in [3.05, 3.63) is 28.2 Å². The summed E-state index contributed by atoms with van der Waals surface area (Å²) in [4.78, 5) is 0. The molecule has 18 heavy (non-hydrogen) atoms. The van der Waals surface area contributed by atoms with Gasteiger partial charge in [-0.25, -0.2) is 0 Å². The zero-order valence-electron chi connectivity index (χ0n) is 9.93. The van der Waals surface area contributed by atoms with E-state index in [4.69, 9.17) is 32.7 Å². The molecule has 0 N–H and O–H groups in total. The van der Waals surface area contributed by atoms with Gasteiger partial charge in [0.2, 0.25) is 0 Å². The van der Waals surface area contributed by atoms with E-state index >= 15 is 0 Å². The standard InChI is InChI=1S/C13H15BrCl2O2/c14-8-13(3-5-17-6-4-13)9-18-12-2-1-10(15)7-11(12)16/h1-2,7H,3-6,8-9H2. The zero-order valence-corrected chi connectivity index (χ0v) is 13.0. The molecule has 0 bridgehead atoms. The summed E-state index contributed by atoms with van der Waals surface area (Å²) in [7, 11) is 0. The minimum Gasteiger partial charge on any atom is -0.491 e. The Morgan fingerprint density at radius 3 is 2.61 bits per heavy atom. The van der Waals surface area contributed by atoms with Crippen LogP contribution in [-0.4, -0.2) is 25.2 Å². The van der Waals surface area contributed by atoms with Crippen molar-refractivity contribution in [2.45, 2.75) is 12.8 Å². The van der Waals surface area contributed by atoms with Crippen LogP contribution >= 0.6 is 39.1 Å². The van der Waals surface area contributed by atoms with Crippen LogP contribution in [0.2, 0.25) is 10.0 Å². The third-order valence-corrected chi connectivity index (χ3v) is 4.98. The van der Waals surface area contributed by atoms with Crippen molar-refractivity contribution >= 4 is 39.1 Å². The predicted molar refractivity (Wildman–Crippen MR) is 78.2 cm³/mol. The zero-order chi connectivity index (χ0) is 13.0. The fourth-order valence-electron chi connectivity index (χ4n) is 1.94. The van der Waals surface area contributed by atoms with Crippen LogP contribution in [0.3, 0.4) is 0 Å². The van der Waals surface area contributed by atoms with Gasteiger partial charge in [-0.3, -0.25) is 0 Å². The van der Waals surface area contributed by atoms with Crippen LogP contribution in [0.4, 0.5) is 0 Å². The Kier molecular flexibility index (Phi) is 5.19. The summed E-state index contributed by atoms with van der Waals surface area (Å²) in [5, 5.41) is 2.09. The van der Waals surface area contributed by atoms with E-state index in [1.165, 1.54) is 0 Å². The van der Waals surface area contributed by atoms with E-state index in [9.17, 15) is 0 Å². The molecule has 1 aliphatic rings. The number of hydrogen-bond donors (Lipinski definition) is 0. The van der Waals surface area contributed by atoms with Crippen molar-refractivity contribution < 1.29 is 9.47 Å². The Hall–Kier alpha value is 0.0400. The van der Waals surface area contributed by atoms with Crippen LogP contribution in [0.15, 0.2) is 18.2 Å². The second-order valence-corrected chi connectivity index (χ2v) is 6.01. The van der Waals surface area contributed by atoms with Gasteiger partial charge in [0, 0.05) is 29.0 Å². The lowest BCUT2D eigenvalue weighted by atomic mass is 9.83. The van der Waals surface area contributed by atoms with Crippen LogP contribution in [0.5, 0.6) is 5.75 Å². The SMILES string of the molecule is Clc1ccc(OCC2(CBr)CCOCC2)c(Cl)c1. The Balaban J connectivity index is 2.01. The molecule has 1 aliphatic heterocycles. The number of hydrogen-bond acceptors (Lipinski definition) is 2. The highest BCUT2D eigenvalue weighted by Crippen LogP contribution is 2.35. The molecule has 1 heterocycles. The molecule has 0 aromatic heterocycles. The van der Waals surface area contributed by atoms with Gasteiger partial charge in [0.25, 0.3) is 0 Å². The maximum atomic E-state index is 6.09. The molecule has 1 fully saturated rings. The van der Waals surface area contributed by atoms with E-state index < -0.39 is 0 Å². The molecule has 0 aliphatic carbocycles. The maximum Gasteiger partial charge on any atom is 0.138 e. The molecule has 2 nitrogen and oxygen atoms in total. The Labute approximate surface area is 126 Å². The molecule has 5 heteroatoms. The first-order valence-corrected chi connectivity index (χ1v) is 7.75. The van der Waals surface area contributed by atoms with Crippen LogP contribution < -0.4 is 4.74 Å². The number of benzene rings is 1. The first kappa shape index (κ1) is 14.4. The summed E-state index contributed by atoms with van der Waals surface area (Å²) >= 11 is 15.5. The first-order valence-electron chi connectivity index (χ1n) is 5.87.